The third-order valence-electron chi connectivity index (χ3n) is 3.17. The molecule has 4 heteroatoms. The maximum atomic E-state index is 6.01. The molecule has 0 spiro atoms. The van der Waals surface area contributed by atoms with Gasteiger partial charge in [-0.2, -0.15) is 0 Å². The molecule has 96 valence electrons. The van der Waals surface area contributed by atoms with Crippen molar-refractivity contribution in [2.75, 3.05) is 0 Å². The molecule has 0 saturated heterocycles. The number of aromatic nitrogens is 3. The molecule has 1 aromatic carbocycles. The summed E-state index contributed by atoms with van der Waals surface area (Å²) in [5.74, 6) is 1.31. The van der Waals surface area contributed by atoms with Gasteiger partial charge in [-0.1, -0.05) is 12.1 Å². The summed E-state index contributed by atoms with van der Waals surface area (Å²) in [6.45, 7) is 2.83. The van der Waals surface area contributed by atoms with Crippen molar-refractivity contribution in [3.8, 4) is 0 Å². The Balaban J connectivity index is 2.12. The van der Waals surface area contributed by atoms with E-state index in [-0.39, 0.29) is 0 Å². The molecule has 19 heavy (non-hydrogen) atoms. The number of rotatable bonds is 3. The summed E-state index contributed by atoms with van der Waals surface area (Å²) in [6.07, 6.45) is 3.65. The van der Waals surface area contributed by atoms with Crippen LogP contribution in [0.3, 0.4) is 0 Å². The fourth-order valence-electron chi connectivity index (χ4n) is 2.24. The Morgan fingerprint density at radius 1 is 1.26 bits per heavy atom. The van der Waals surface area contributed by atoms with Crippen molar-refractivity contribution in [3.63, 3.8) is 0 Å². The Labute approximate surface area is 116 Å². The molecular weight excluding hydrogens is 258 g/mol. The first-order chi connectivity index (χ1) is 9.28. The maximum absolute atomic E-state index is 6.01. The zero-order chi connectivity index (χ0) is 13.2. The lowest BCUT2D eigenvalue weighted by atomic mass is 10.2. The second-order valence-corrected chi connectivity index (χ2v) is 4.87. The van der Waals surface area contributed by atoms with Gasteiger partial charge in [0.2, 0.25) is 0 Å². The number of alkyl halides is 1. The van der Waals surface area contributed by atoms with Gasteiger partial charge in [-0.25, -0.2) is 4.98 Å². The molecule has 0 N–H and O–H groups in total. The minimum absolute atomic E-state index is 0.411. The third kappa shape index (κ3) is 2.34. The molecule has 2 aromatic heterocycles. The molecular formula is C15H14ClN3. The van der Waals surface area contributed by atoms with Crippen LogP contribution in [0.1, 0.15) is 17.0 Å². The predicted molar refractivity (Wildman–Crippen MR) is 77.4 cm³/mol. The monoisotopic (exact) mass is 271 g/mol. The zero-order valence-electron chi connectivity index (χ0n) is 10.7. The van der Waals surface area contributed by atoms with Crippen molar-refractivity contribution in [1.29, 1.82) is 0 Å². The number of aryl methyl sites for hydroxylation is 1. The van der Waals surface area contributed by atoms with E-state index in [4.69, 9.17) is 11.6 Å². The minimum Gasteiger partial charge on any atom is -0.322 e. The molecule has 0 aliphatic carbocycles. The topological polar surface area (TPSA) is 30.7 Å². The van der Waals surface area contributed by atoms with Crippen molar-refractivity contribution in [1.82, 2.24) is 14.5 Å². The summed E-state index contributed by atoms with van der Waals surface area (Å²) in [6, 6.07) is 10.3. The smallest absolute Gasteiger partial charge is 0.125 e. The van der Waals surface area contributed by atoms with Gasteiger partial charge in [-0.15, -0.1) is 11.6 Å². The van der Waals surface area contributed by atoms with E-state index in [1.165, 1.54) is 5.56 Å². The van der Waals surface area contributed by atoms with Crippen LogP contribution in [0.5, 0.6) is 0 Å². The van der Waals surface area contributed by atoms with Crippen molar-refractivity contribution < 1.29 is 0 Å². The summed E-state index contributed by atoms with van der Waals surface area (Å²) < 4.78 is 2.16. The summed E-state index contributed by atoms with van der Waals surface area (Å²) in [7, 11) is 0. The van der Waals surface area contributed by atoms with Crippen LogP contribution in [-0.2, 0) is 12.4 Å². The first kappa shape index (κ1) is 12.2. The molecule has 0 amide bonds. The Morgan fingerprint density at radius 3 is 2.89 bits per heavy atom. The quantitative estimate of drug-likeness (QED) is 0.683. The van der Waals surface area contributed by atoms with Crippen LogP contribution in [0, 0.1) is 6.92 Å². The van der Waals surface area contributed by atoms with Crippen molar-refractivity contribution in [3.05, 3.63) is 59.7 Å². The number of benzene rings is 1. The number of pyridine rings is 1. The van der Waals surface area contributed by atoms with Crippen LogP contribution in [0.4, 0.5) is 0 Å². The van der Waals surface area contributed by atoms with Gasteiger partial charge in [0.05, 0.1) is 23.5 Å². The van der Waals surface area contributed by atoms with Gasteiger partial charge < -0.3 is 4.57 Å². The predicted octanol–water partition coefficient (Wildman–Crippen LogP) is 3.53. The van der Waals surface area contributed by atoms with Gasteiger partial charge in [-0.05, 0) is 36.2 Å². The van der Waals surface area contributed by atoms with Gasteiger partial charge in [0.1, 0.15) is 5.82 Å². The van der Waals surface area contributed by atoms with Gasteiger partial charge in [0, 0.05) is 12.4 Å². The molecule has 3 nitrogen and oxygen atoms in total. The number of hydrogen-bond acceptors (Lipinski definition) is 2. The van der Waals surface area contributed by atoms with Crippen molar-refractivity contribution in [2.24, 2.45) is 0 Å². The summed E-state index contributed by atoms with van der Waals surface area (Å²) in [4.78, 5) is 8.73. The molecule has 3 aromatic rings. The van der Waals surface area contributed by atoms with E-state index in [0.29, 0.717) is 5.88 Å². The van der Waals surface area contributed by atoms with E-state index in [1.54, 1.807) is 6.20 Å². The Kier molecular flexibility index (Phi) is 3.22. The average Bonchev–Trinajstić information content (AvgIpc) is 2.78. The highest BCUT2D eigenvalue weighted by Gasteiger charge is 2.10. The molecule has 2 heterocycles. The highest BCUT2D eigenvalue weighted by atomic mass is 35.5. The molecule has 0 bridgehead atoms. The Morgan fingerprint density at radius 2 is 2.16 bits per heavy atom. The van der Waals surface area contributed by atoms with Crippen LogP contribution in [0.2, 0.25) is 0 Å². The number of hydrogen-bond donors (Lipinski definition) is 0. The molecule has 0 fully saturated rings. The number of nitrogens with zero attached hydrogens (tertiary/aromatic N) is 3. The van der Waals surface area contributed by atoms with Crippen LogP contribution < -0.4 is 0 Å². The van der Waals surface area contributed by atoms with Crippen molar-refractivity contribution >= 4 is 22.6 Å². The average molecular weight is 272 g/mol. The molecule has 0 radical (unpaired) electrons. The summed E-state index contributed by atoms with van der Waals surface area (Å²) in [5.41, 5.74) is 4.49. The lowest BCUT2D eigenvalue weighted by molar-refractivity contribution is 0.775. The van der Waals surface area contributed by atoms with Crippen LogP contribution in [0.25, 0.3) is 11.0 Å². The molecule has 0 unspecified atom stereocenters. The van der Waals surface area contributed by atoms with Crippen LogP contribution in [0.15, 0.2) is 42.7 Å². The fourth-order valence-corrected chi connectivity index (χ4v) is 2.44. The number of imidazole rings is 1. The first-order valence-electron chi connectivity index (χ1n) is 6.18. The van der Waals surface area contributed by atoms with Gasteiger partial charge in [-0.3, -0.25) is 4.98 Å². The zero-order valence-corrected chi connectivity index (χ0v) is 11.4. The first-order valence-corrected chi connectivity index (χ1v) is 6.72. The SMILES string of the molecule is Cc1ccc2nc(CCl)n(Cc3cccnc3)c2c1. The largest absolute Gasteiger partial charge is 0.322 e. The van der Waals surface area contributed by atoms with Gasteiger partial charge in [0.25, 0.3) is 0 Å². The highest BCUT2D eigenvalue weighted by molar-refractivity contribution is 6.16. The van der Waals surface area contributed by atoms with E-state index in [1.807, 2.05) is 18.3 Å². The standard InChI is InChI=1S/C15H14ClN3/c1-11-4-5-13-14(7-11)19(15(8-16)18-13)10-12-3-2-6-17-9-12/h2-7,9H,8,10H2,1H3. The fraction of sp³-hybridized carbons (Fsp3) is 0.200. The minimum atomic E-state index is 0.411. The van der Waals surface area contributed by atoms with E-state index in [0.717, 1.165) is 29.0 Å². The summed E-state index contributed by atoms with van der Waals surface area (Å²) in [5, 5.41) is 0. The van der Waals surface area contributed by atoms with Crippen molar-refractivity contribution in [2.45, 2.75) is 19.3 Å². The van der Waals surface area contributed by atoms with E-state index in [9.17, 15) is 0 Å². The molecule has 0 atom stereocenters. The summed E-state index contributed by atoms with van der Waals surface area (Å²) >= 11 is 6.01. The van der Waals surface area contributed by atoms with Gasteiger partial charge in [0.15, 0.2) is 0 Å². The van der Waals surface area contributed by atoms with E-state index in [2.05, 4.69) is 39.7 Å². The number of halogens is 1. The number of fused-ring (bicyclic) bond motifs is 1. The normalized spacial score (nSPS) is 11.1. The van der Waals surface area contributed by atoms with Gasteiger partial charge >= 0.3 is 0 Å². The van der Waals surface area contributed by atoms with E-state index >= 15 is 0 Å². The second kappa shape index (κ2) is 5.02. The molecule has 3 rings (SSSR count). The lowest BCUT2D eigenvalue weighted by Gasteiger charge is -2.07. The molecule has 0 aliphatic rings. The third-order valence-corrected chi connectivity index (χ3v) is 3.40. The maximum Gasteiger partial charge on any atom is 0.125 e. The lowest BCUT2D eigenvalue weighted by Crippen LogP contribution is -2.04. The Bertz CT molecular complexity index is 704. The molecule has 0 aliphatic heterocycles. The van der Waals surface area contributed by atoms with Crippen LogP contribution >= 0.6 is 11.6 Å². The second-order valence-electron chi connectivity index (χ2n) is 4.60. The highest BCUT2D eigenvalue weighted by Crippen LogP contribution is 2.20. The van der Waals surface area contributed by atoms with E-state index < -0.39 is 0 Å². The molecule has 0 saturated carbocycles. The Hall–Kier alpha value is -1.87. The van der Waals surface area contributed by atoms with Crippen LogP contribution in [-0.4, -0.2) is 14.5 Å².